The zero-order valence-electron chi connectivity index (χ0n) is 12.9. The average Bonchev–Trinajstić information content (AvgIpc) is 3.18. The number of nitrogens with zero attached hydrogens (tertiary/aromatic N) is 2. The largest absolute Gasteiger partial charge is 0.342 e. The average molecular weight is 289 g/mol. The summed E-state index contributed by atoms with van der Waals surface area (Å²) in [6, 6.07) is 2.04. The third kappa shape index (κ3) is 4.08. The van der Waals surface area contributed by atoms with E-state index >= 15 is 0 Å². The Morgan fingerprint density at radius 3 is 2.81 bits per heavy atom. The molecule has 1 N–H and O–H groups in total. The van der Waals surface area contributed by atoms with E-state index in [1.807, 2.05) is 12.3 Å². The number of hydrogen-bond acceptors (Lipinski definition) is 2. The summed E-state index contributed by atoms with van der Waals surface area (Å²) >= 11 is 0. The second-order valence-corrected chi connectivity index (χ2v) is 6.82. The fourth-order valence-corrected chi connectivity index (χ4v) is 3.95. The van der Waals surface area contributed by atoms with Gasteiger partial charge in [0, 0.05) is 31.4 Å². The second kappa shape index (κ2) is 7.10. The van der Waals surface area contributed by atoms with Crippen molar-refractivity contribution in [3.05, 3.63) is 18.0 Å². The van der Waals surface area contributed by atoms with Crippen LogP contribution in [0.1, 0.15) is 57.1 Å². The molecule has 1 aliphatic carbocycles. The highest BCUT2D eigenvalue weighted by molar-refractivity contribution is 5.76. The van der Waals surface area contributed by atoms with Gasteiger partial charge in [0.1, 0.15) is 0 Å². The summed E-state index contributed by atoms with van der Waals surface area (Å²) in [4.78, 5) is 14.5. The highest BCUT2D eigenvalue weighted by atomic mass is 16.2. The molecular formula is C17H27N3O. The highest BCUT2D eigenvalue weighted by Gasteiger charge is 2.25. The lowest BCUT2D eigenvalue weighted by atomic mass is 9.93. The number of likely N-dealkylation sites (tertiary alicyclic amines) is 1. The number of hydrogen-bond donors (Lipinski definition) is 1. The molecule has 21 heavy (non-hydrogen) atoms. The van der Waals surface area contributed by atoms with Crippen LogP contribution in [0.3, 0.4) is 0 Å². The topological polar surface area (TPSA) is 49.0 Å². The van der Waals surface area contributed by atoms with Gasteiger partial charge in [-0.15, -0.1) is 0 Å². The summed E-state index contributed by atoms with van der Waals surface area (Å²) in [5.74, 6) is 1.80. The molecular weight excluding hydrogens is 262 g/mol. The van der Waals surface area contributed by atoms with Crippen LogP contribution in [0.25, 0.3) is 0 Å². The van der Waals surface area contributed by atoms with Crippen molar-refractivity contribution in [2.45, 2.75) is 57.8 Å². The van der Waals surface area contributed by atoms with Crippen molar-refractivity contribution in [2.24, 2.45) is 11.8 Å². The van der Waals surface area contributed by atoms with Crippen molar-refractivity contribution < 1.29 is 4.79 Å². The standard InChI is InChI=1S/C17H27N3O/c21-17(8-7-14-4-1-2-5-14)20-11-3-6-15(13-20)12-16-9-10-18-19-16/h9-10,14-15H,1-8,11-13H2,(H,18,19)/t15-/m1/s1. The molecule has 1 amide bonds. The summed E-state index contributed by atoms with van der Waals surface area (Å²) in [5, 5.41) is 7.05. The van der Waals surface area contributed by atoms with E-state index in [9.17, 15) is 4.79 Å². The number of amides is 1. The lowest BCUT2D eigenvalue weighted by Gasteiger charge is -2.33. The van der Waals surface area contributed by atoms with Crippen LogP contribution in [0.4, 0.5) is 0 Å². The molecule has 2 heterocycles. The van der Waals surface area contributed by atoms with Gasteiger partial charge in [0.05, 0.1) is 0 Å². The highest BCUT2D eigenvalue weighted by Crippen LogP contribution is 2.29. The third-order valence-electron chi connectivity index (χ3n) is 5.18. The molecule has 0 radical (unpaired) electrons. The fourth-order valence-electron chi connectivity index (χ4n) is 3.95. The van der Waals surface area contributed by atoms with Gasteiger partial charge in [-0.1, -0.05) is 25.7 Å². The Bertz CT molecular complexity index is 437. The molecule has 4 heteroatoms. The summed E-state index contributed by atoms with van der Waals surface area (Å²) < 4.78 is 0. The first-order chi connectivity index (χ1) is 10.3. The maximum atomic E-state index is 12.4. The smallest absolute Gasteiger partial charge is 0.222 e. The van der Waals surface area contributed by atoms with Crippen LogP contribution >= 0.6 is 0 Å². The first kappa shape index (κ1) is 14.6. The molecule has 0 aromatic carbocycles. The first-order valence-electron chi connectivity index (χ1n) is 8.57. The van der Waals surface area contributed by atoms with Crippen LogP contribution in [0.15, 0.2) is 12.3 Å². The summed E-state index contributed by atoms with van der Waals surface area (Å²) in [5.41, 5.74) is 1.19. The molecule has 0 spiro atoms. The maximum absolute atomic E-state index is 12.4. The summed E-state index contributed by atoms with van der Waals surface area (Å²) in [7, 11) is 0. The molecule has 1 aromatic rings. The fraction of sp³-hybridized carbons (Fsp3) is 0.765. The molecule has 1 saturated carbocycles. The Hall–Kier alpha value is -1.32. The predicted octanol–water partition coefficient (Wildman–Crippen LogP) is 3.16. The number of piperidine rings is 1. The second-order valence-electron chi connectivity index (χ2n) is 6.82. The number of aromatic amines is 1. The van der Waals surface area contributed by atoms with Crippen molar-refractivity contribution in [1.29, 1.82) is 0 Å². The minimum Gasteiger partial charge on any atom is -0.342 e. The van der Waals surface area contributed by atoms with Crippen molar-refractivity contribution in [2.75, 3.05) is 13.1 Å². The normalized spacial score (nSPS) is 23.6. The molecule has 0 bridgehead atoms. The van der Waals surface area contributed by atoms with E-state index in [1.165, 1.54) is 37.8 Å². The van der Waals surface area contributed by atoms with Gasteiger partial charge >= 0.3 is 0 Å². The SMILES string of the molecule is O=C(CCC1CCCC1)N1CCC[C@H](Cc2ccn[nH]2)C1. The van der Waals surface area contributed by atoms with Crippen LogP contribution in [0.5, 0.6) is 0 Å². The van der Waals surface area contributed by atoms with E-state index in [0.717, 1.165) is 44.7 Å². The zero-order chi connectivity index (χ0) is 14.5. The molecule has 1 saturated heterocycles. The van der Waals surface area contributed by atoms with E-state index in [0.29, 0.717) is 11.8 Å². The molecule has 2 aliphatic rings. The number of carbonyl (C=O) groups is 1. The van der Waals surface area contributed by atoms with Gasteiger partial charge in [-0.25, -0.2) is 0 Å². The first-order valence-corrected chi connectivity index (χ1v) is 8.57. The Labute approximate surface area is 127 Å². The lowest BCUT2D eigenvalue weighted by Crippen LogP contribution is -2.40. The van der Waals surface area contributed by atoms with Gasteiger partial charge in [-0.3, -0.25) is 9.89 Å². The van der Waals surface area contributed by atoms with Crippen molar-refractivity contribution in [3.8, 4) is 0 Å². The minimum absolute atomic E-state index is 0.385. The number of carbonyl (C=O) groups excluding carboxylic acids is 1. The summed E-state index contributed by atoms with van der Waals surface area (Å²) in [6.45, 7) is 1.89. The van der Waals surface area contributed by atoms with Gasteiger partial charge in [-0.2, -0.15) is 5.10 Å². The molecule has 3 rings (SSSR count). The number of aromatic nitrogens is 2. The van der Waals surface area contributed by atoms with Crippen molar-refractivity contribution in [1.82, 2.24) is 15.1 Å². The molecule has 4 nitrogen and oxygen atoms in total. The van der Waals surface area contributed by atoms with Gasteiger partial charge < -0.3 is 4.90 Å². The lowest BCUT2D eigenvalue weighted by molar-refractivity contribution is -0.133. The number of rotatable bonds is 5. The van der Waals surface area contributed by atoms with Gasteiger partial charge in [0.15, 0.2) is 0 Å². The van der Waals surface area contributed by atoms with E-state index in [1.54, 1.807) is 0 Å². The molecule has 116 valence electrons. The minimum atomic E-state index is 0.385. The third-order valence-corrected chi connectivity index (χ3v) is 5.18. The maximum Gasteiger partial charge on any atom is 0.222 e. The van der Waals surface area contributed by atoms with Crippen molar-refractivity contribution in [3.63, 3.8) is 0 Å². The Kier molecular flexibility index (Phi) is 4.94. The Morgan fingerprint density at radius 2 is 2.05 bits per heavy atom. The zero-order valence-corrected chi connectivity index (χ0v) is 12.9. The van der Waals surface area contributed by atoms with E-state index in [-0.39, 0.29) is 0 Å². The molecule has 1 atom stereocenters. The molecule has 2 fully saturated rings. The van der Waals surface area contributed by atoms with Crippen LogP contribution in [-0.2, 0) is 11.2 Å². The van der Waals surface area contributed by atoms with E-state index in [2.05, 4.69) is 15.1 Å². The Balaban J connectivity index is 1.44. The predicted molar refractivity (Wildman–Crippen MR) is 82.8 cm³/mol. The molecule has 1 aliphatic heterocycles. The van der Waals surface area contributed by atoms with Gasteiger partial charge in [0.25, 0.3) is 0 Å². The van der Waals surface area contributed by atoms with E-state index < -0.39 is 0 Å². The molecule has 0 unspecified atom stereocenters. The van der Waals surface area contributed by atoms with Crippen molar-refractivity contribution >= 4 is 5.91 Å². The van der Waals surface area contributed by atoms with Crippen LogP contribution in [-0.4, -0.2) is 34.1 Å². The van der Waals surface area contributed by atoms with E-state index in [4.69, 9.17) is 0 Å². The quantitative estimate of drug-likeness (QED) is 0.905. The van der Waals surface area contributed by atoms with Gasteiger partial charge in [0.2, 0.25) is 5.91 Å². The number of H-pyrrole nitrogens is 1. The van der Waals surface area contributed by atoms with Crippen LogP contribution in [0.2, 0.25) is 0 Å². The van der Waals surface area contributed by atoms with Crippen LogP contribution in [0, 0.1) is 11.8 Å². The monoisotopic (exact) mass is 289 g/mol. The molecule has 1 aromatic heterocycles. The Morgan fingerprint density at radius 1 is 1.24 bits per heavy atom. The van der Waals surface area contributed by atoms with Gasteiger partial charge in [-0.05, 0) is 43.6 Å². The number of nitrogens with one attached hydrogen (secondary N) is 1. The summed E-state index contributed by atoms with van der Waals surface area (Å²) in [6.07, 6.45) is 12.5. The van der Waals surface area contributed by atoms with Crippen LogP contribution < -0.4 is 0 Å².